The second-order valence-electron chi connectivity index (χ2n) is 6.27. The van der Waals surface area contributed by atoms with Crippen molar-refractivity contribution in [1.82, 2.24) is 4.31 Å². The quantitative estimate of drug-likeness (QED) is 0.516. The second kappa shape index (κ2) is 9.68. The monoisotopic (exact) mass is 421 g/mol. The summed E-state index contributed by atoms with van der Waals surface area (Å²) in [5.74, 6) is 1.19. The van der Waals surface area contributed by atoms with Crippen LogP contribution < -0.4 is 14.8 Å². The van der Waals surface area contributed by atoms with E-state index in [1.54, 1.807) is 42.8 Å². The van der Waals surface area contributed by atoms with E-state index in [4.69, 9.17) is 14.2 Å². The first-order chi connectivity index (χ1) is 14.0. The third-order valence-corrected chi connectivity index (χ3v) is 5.99. The highest BCUT2D eigenvalue weighted by Crippen LogP contribution is 2.30. The van der Waals surface area contributed by atoms with E-state index in [1.807, 2.05) is 6.07 Å². The molecule has 2 aromatic carbocycles. The third-order valence-electron chi connectivity index (χ3n) is 4.50. The van der Waals surface area contributed by atoms with Gasteiger partial charge in [0, 0.05) is 25.7 Å². The number of hydrogen-bond donors (Lipinski definition) is 1. The zero-order chi connectivity index (χ0) is 20.8. The Balaban J connectivity index is 1.77. The van der Waals surface area contributed by atoms with Crippen molar-refractivity contribution in [2.24, 2.45) is 0 Å². The Morgan fingerprint density at radius 3 is 2.52 bits per heavy atom. The zero-order valence-electron chi connectivity index (χ0n) is 16.3. The number of nitrogens with zero attached hydrogens (tertiary/aromatic N) is 2. The van der Waals surface area contributed by atoms with Crippen LogP contribution >= 0.6 is 0 Å². The smallest absolute Gasteiger partial charge is 0.293 e. The Kier molecular flexibility index (Phi) is 7.02. The van der Waals surface area contributed by atoms with Crippen molar-refractivity contribution in [3.63, 3.8) is 0 Å². The predicted octanol–water partition coefficient (Wildman–Crippen LogP) is 2.58. The van der Waals surface area contributed by atoms with Gasteiger partial charge < -0.3 is 19.5 Å². The second-order valence-corrected chi connectivity index (χ2v) is 7.76. The number of benzene rings is 2. The van der Waals surface area contributed by atoms with Gasteiger partial charge in [0.2, 0.25) is 0 Å². The van der Waals surface area contributed by atoms with Gasteiger partial charge in [-0.2, -0.15) is 0 Å². The van der Waals surface area contributed by atoms with Gasteiger partial charge >= 0.3 is 0 Å². The molecule has 1 atom stereocenters. The van der Waals surface area contributed by atoms with Crippen LogP contribution in [0.25, 0.3) is 0 Å². The molecule has 1 saturated heterocycles. The summed E-state index contributed by atoms with van der Waals surface area (Å²) in [6, 6.07) is 10.0. The van der Waals surface area contributed by atoms with Crippen molar-refractivity contribution >= 4 is 22.4 Å². The first-order valence-electron chi connectivity index (χ1n) is 9.01. The molecule has 0 saturated carbocycles. The summed E-state index contributed by atoms with van der Waals surface area (Å²) in [5.41, 5.74) is 1.11. The summed E-state index contributed by atoms with van der Waals surface area (Å²) in [7, 11) is 1.64. The molecule has 0 amide bonds. The van der Waals surface area contributed by atoms with E-state index >= 15 is 0 Å². The summed E-state index contributed by atoms with van der Waals surface area (Å²) >= 11 is 0. The first-order valence-corrected chi connectivity index (χ1v) is 10.1. The van der Waals surface area contributed by atoms with Crippen molar-refractivity contribution in [1.29, 1.82) is 0 Å². The Morgan fingerprint density at radius 2 is 1.86 bits per heavy atom. The third kappa shape index (κ3) is 5.03. The minimum Gasteiger partial charge on any atom is -0.493 e. The van der Waals surface area contributed by atoms with Crippen LogP contribution in [0.15, 0.2) is 41.3 Å². The maximum Gasteiger partial charge on any atom is 0.293 e. The van der Waals surface area contributed by atoms with Gasteiger partial charge in [0.15, 0.2) is 11.5 Å². The molecule has 29 heavy (non-hydrogen) atoms. The molecule has 1 N–H and O–H groups in total. The largest absolute Gasteiger partial charge is 0.493 e. The van der Waals surface area contributed by atoms with Crippen LogP contribution in [-0.4, -0.2) is 54.0 Å². The molecule has 0 spiro atoms. The lowest BCUT2D eigenvalue weighted by molar-refractivity contribution is -0.384. The summed E-state index contributed by atoms with van der Waals surface area (Å²) in [6.45, 7) is 2.41. The predicted molar refractivity (Wildman–Crippen MR) is 109 cm³/mol. The highest BCUT2D eigenvalue weighted by molar-refractivity contribution is 7.82. The van der Waals surface area contributed by atoms with Gasteiger partial charge in [-0.15, -0.1) is 0 Å². The number of nitro benzene ring substituents is 1. The van der Waals surface area contributed by atoms with Crippen molar-refractivity contribution in [2.75, 3.05) is 45.8 Å². The van der Waals surface area contributed by atoms with E-state index in [0.29, 0.717) is 54.9 Å². The summed E-state index contributed by atoms with van der Waals surface area (Å²) in [4.78, 5) is 11.5. The van der Waals surface area contributed by atoms with Crippen LogP contribution in [0.2, 0.25) is 0 Å². The van der Waals surface area contributed by atoms with Gasteiger partial charge in [-0.3, -0.25) is 10.1 Å². The molecule has 0 radical (unpaired) electrons. The number of ether oxygens (including phenoxy) is 3. The van der Waals surface area contributed by atoms with Crippen LogP contribution in [0.4, 0.5) is 11.4 Å². The molecule has 1 aliphatic rings. The molecule has 1 unspecified atom stereocenters. The minimum atomic E-state index is -1.46. The van der Waals surface area contributed by atoms with E-state index in [9.17, 15) is 14.3 Å². The van der Waals surface area contributed by atoms with Gasteiger partial charge in [-0.25, -0.2) is 8.51 Å². The normalized spacial score (nSPS) is 15.5. The van der Waals surface area contributed by atoms with Gasteiger partial charge in [0.1, 0.15) is 16.7 Å². The van der Waals surface area contributed by atoms with E-state index in [2.05, 4.69) is 5.32 Å². The van der Waals surface area contributed by atoms with Crippen LogP contribution in [0.5, 0.6) is 11.5 Å². The molecule has 10 heteroatoms. The van der Waals surface area contributed by atoms with Gasteiger partial charge in [0.05, 0.1) is 37.3 Å². The molecule has 1 aliphatic heterocycles. The van der Waals surface area contributed by atoms with Crippen LogP contribution in [0.1, 0.15) is 5.56 Å². The minimum absolute atomic E-state index is 0.121. The average Bonchev–Trinajstić information content (AvgIpc) is 2.77. The molecule has 156 valence electrons. The van der Waals surface area contributed by atoms with E-state index in [0.717, 1.165) is 5.56 Å². The number of methoxy groups -OCH3 is 2. The van der Waals surface area contributed by atoms with Crippen LogP contribution in [-0.2, 0) is 22.3 Å². The molecule has 1 heterocycles. The maximum atomic E-state index is 12.7. The molecular formula is C19H23N3O6S. The van der Waals surface area contributed by atoms with Crippen molar-refractivity contribution in [2.45, 2.75) is 11.4 Å². The average molecular weight is 421 g/mol. The molecule has 1 fully saturated rings. The number of anilines is 1. The molecule has 2 aromatic rings. The lowest BCUT2D eigenvalue weighted by atomic mass is 10.2. The Labute approximate surface area is 171 Å². The lowest BCUT2D eigenvalue weighted by Gasteiger charge is -2.25. The van der Waals surface area contributed by atoms with Gasteiger partial charge in [-0.05, 0) is 29.8 Å². The van der Waals surface area contributed by atoms with Gasteiger partial charge in [0.25, 0.3) is 5.69 Å². The molecule has 9 nitrogen and oxygen atoms in total. The van der Waals surface area contributed by atoms with Crippen molar-refractivity contribution in [3.05, 3.63) is 52.1 Å². The topological polar surface area (TPSA) is 103 Å². The fraction of sp³-hybridized carbons (Fsp3) is 0.368. The Morgan fingerprint density at radius 1 is 1.14 bits per heavy atom. The number of nitrogens with one attached hydrogen (secondary N) is 1. The van der Waals surface area contributed by atoms with Crippen LogP contribution in [0, 0.1) is 10.1 Å². The van der Waals surface area contributed by atoms with E-state index in [1.165, 1.54) is 6.07 Å². The Bertz CT molecular complexity index is 902. The summed E-state index contributed by atoms with van der Waals surface area (Å²) < 4.78 is 30.2. The maximum absolute atomic E-state index is 12.7. The number of morpholine rings is 1. The van der Waals surface area contributed by atoms with Crippen molar-refractivity contribution in [3.8, 4) is 11.5 Å². The number of hydrogen-bond acceptors (Lipinski definition) is 7. The lowest BCUT2D eigenvalue weighted by Crippen LogP contribution is -2.37. The highest BCUT2D eigenvalue weighted by Gasteiger charge is 2.22. The SMILES string of the molecule is COc1ccc(CNc2ccc(S(=O)N3CCOCC3)cc2[N+](=O)[O-])cc1OC. The van der Waals surface area contributed by atoms with E-state index in [-0.39, 0.29) is 5.69 Å². The van der Waals surface area contributed by atoms with Crippen LogP contribution in [0.3, 0.4) is 0 Å². The molecule has 0 aliphatic carbocycles. The summed E-state index contributed by atoms with van der Waals surface area (Å²) in [6.07, 6.45) is 0. The van der Waals surface area contributed by atoms with Gasteiger partial charge in [-0.1, -0.05) is 6.07 Å². The molecule has 0 aromatic heterocycles. The first kappa shape index (κ1) is 21.0. The molecule has 0 bridgehead atoms. The zero-order valence-corrected chi connectivity index (χ0v) is 17.1. The molecular weight excluding hydrogens is 398 g/mol. The molecule has 3 rings (SSSR count). The number of nitro groups is 1. The fourth-order valence-electron chi connectivity index (χ4n) is 2.97. The standard InChI is InChI=1S/C19H23N3O6S/c1-26-18-6-3-14(11-19(18)27-2)13-20-16-5-4-15(12-17(16)22(23)24)29(25)21-7-9-28-10-8-21/h3-6,11-12,20H,7-10,13H2,1-2H3. The fourth-order valence-corrected chi connectivity index (χ4v) is 4.15. The highest BCUT2D eigenvalue weighted by atomic mass is 32.2. The van der Waals surface area contributed by atoms with E-state index < -0.39 is 15.9 Å². The number of rotatable bonds is 8. The summed E-state index contributed by atoms with van der Waals surface area (Å²) in [5, 5.41) is 14.6. The van der Waals surface area contributed by atoms with Crippen molar-refractivity contribution < 1.29 is 23.3 Å². The Hall–Kier alpha value is -2.69.